The van der Waals surface area contributed by atoms with Gasteiger partial charge in [0.25, 0.3) is 5.91 Å². The van der Waals surface area contributed by atoms with Gasteiger partial charge in [-0.25, -0.2) is 19.7 Å². The number of carbonyl (C=O) groups is 2. The number of carbonyl (C=O) groups excluding carboxylic acids is 1. The highest BCUT2D eigenvalue weighted by molar-refractivity contribution is 5.92. The van der Waals surface area contributed by atoms with E-state index < -0.39 is 6.09 Å². The number of aromatic nitrogens is 4. The van der Waals surface area contributed by atoms with Crippen LogP contribution in [0.25, 0.3) is 5.95 Å². The maximum atomic E-state index is 12.6. The van der Waals surface area contributed by atoms with Gasteiger partial charge in [0.1, 0.15) is 12.0 Å². The van der Waals surface area contributed by atoms with Crippen molar-refractivity contribution in [1.29, 1.82) is 0 Å². The summed E-state index contributed by atoms with van der Waals surface area (Å²) in [4.78, 5) is 35.8. The van der Waals surface area contributed by atoms with Crippen molar-refractivity contribution in [2.24, 2.45) is 5.92 Å². The van der Waals surface area contributed by atoms with Gasteiger partial charge in [-0.3, -0.25) is 9.36 Å². The Kier molecular flexibility index (Phi) is 5.45. The first kappa shape index (κ1) is 17.8. The fourth-order valence-electron chi connectivity index (χ4n) is 3.16. The summed E-state index contributed by atoms with van der Waals surface area (Å²) in [5.74, 6) is 0.522. The van der Waals surface area contributed by atoms with E-state index in [9.17, 15) is 9.59 Å². The third kappa shape index (κ3) is 4.56. The average Bonchev–Trinajstić information content (AvgIpc) is 3.15. The van der Waals surface area contributed by atoms with Crippen LogP contribution < -0.4 is 10.6 Å². The first-order chi connectivity index (χ1) is 12.5. The second-order valence-corrected chi connectivity index (χ2v) is 6.54. The SMILES string of the molecule is Cc1cc(C(=O)N[C@H]2CC[C@H](CNC(=O)O)CC2)nc(-n2ccnc2)n1. The topological polar surface area (TPSA) is 122 Å². The number of aryl methyl sites for hydroxylation is 1. The predicted molar refractivity (Wildman–Crippen MR) is 93.1 cm³/mol. The van der Waals surface area contributed by atoms with Crippen LogP contribution in [0.2, 0.25) is 0 Å². The van der Waals surface area contributed by atoms with Gasteiger partial charge in [0.05, 0.1) is 0 Å². The summed E-state index contributed by atoms with van der Waals surface area (Å²) < 4.78 is 1.66. The minimum atomic E-state index is -0.992. The lowest BCUT2D eigenvalue weighted by atomic mass is 9.86. The molecule has 0 spiro atoms. The molecule has 0 radical (unpaired) electrons. The summed E-state index contributed by atoms with van der Waals surface area (Å²) in [7, 11) is 0. The molecule has 0 saturated heterocycles. The minimum Gasteiger partial charge on any atom is -0.465 e. The van der Waals surface area contributed by atoms with Gasteiger partial charge in [-0.15, -0.1) is 0 Å². The molecule has 3 rings (SSSR count). The second-order valence-electron chi connectivity index (χ2n) is 6.54. The molecule has 0 atom stereocenters. The molecular formula is C17H22N6O3. The van der Waals surface area contributed by atoms with Gasteiger partial charge in [-0.05, 0) is 44.6 Å². The number of rotatable bonds is 5. The summed E-state index contributed by atoms with van der Waals surface area (Å²) in [5.41, 5.74) is 1.04. The number of carboxylic acid groups (broad SMARTS) is 1. The molecule has 1 aliphatic rings. The first-order valence-electron chi connectivity index (χ1n) is 8.63. The molecule has 0 unspecified atom stereocenters. The molecule has 2 amide bonds. The predicted octanol–water partition coefficient (Wildman–Crippen LogP) is 1.53. The molecule has 1 saturated carbocycles. The van der Waals surface area contributed by atoms with Gasteiger partial charge in [0.2, 0.25) is 5.95 Å². The van der Waals surface area contributed by atoms with Crippen molar-refractivity contribution >= 4 is 12.0 Å². The minimum absolute atomic E-state index is 0.0792. The highest BCUT2D eigenvalue weighted by atomic mass is 16.4. The molecule has 1 aliphatic carbocycles. The van der Waals surface area contributed by atoms with E-state index in [1.54, 1.807) is 29.4 Å². The highest BCUT2D eigenvalue weighted by Gasteiger charge is 2.23. The average molecular weight is 358 g/mol. The zero-order valence-corrected chi connectivity index (χ0v) is 14.6. The van der Waals surface area contributed by atoms with Crippen molar-refractivity contribution in [3.8, 4) is 5.95 Å². The molecule has 9 nitrogen and oxygen atoms in total. The van der Waals surface area contributed by atoms with Gasteiger partial charge in [0.15, 0.2) is 0 Å². The largest absolute Gasteiger partial charge is 0.465 e. The van der Waals surface area contributed by atoms with Crippen molar-refractivity contribution in [2.45, 2.75) is 38.6 Å². The third-order valence-electron chi connectivity index (χ3n) is 4.53. The number of imidazole rings is 1. The zero-order chi connectivity index (χ0) is 18.5. The quantitative estimate of drug-likeness (QED) is 0.745. The molecule has 0 bridgehead atoms. The molecular weight excluding hydrogens is 336 g/mol. The summed E-state index contributed by atoms with van der Waals surface area (Å²) in [5, 5.41) is 14.1. The van der Waals surface area contributed by atoms with Gasteiger partial charge in [-0.1, -0.05) is 0 Å². The highest BCUT2D eigenvalue weighted by Crippen LogP contribution is 2.24. The Morgan fingerprint density at radius 2 is 2.04 bits per heavy atom. The summed E-state index contributed by atoms with van der Waals surface area (Å²) >= 11 is 0. The number of nitrogens with one attached hydrogen (secondary N) is 2. The van der Waals surface area contributed by atoms with E-state index in [0.717, 1.165) is 25.7 Å². The lowest BCUT2D eigenvalue weighted by molar-refractivity contribution is 0.0916. The molecule has 9 heteroatoms. The monoisotopic (exact) mass is 358 g/mol. The van der Waals surface area contributed by atoms with Crippen LogP contribution in [0.15, 0.2) is 24.8 Å². The molecule has 26 heavy (non-hydrogen) atoms. The van der Waals surface area contributed by atoms with E-state index in [1.165, 1.54) is 0 Å². The number of hydrogen-bond acceptors (Lipinski definition) is 5. The maximum Gasteiger partial charge on any atom is 0.404 e. The van der Waals surface area contributed by atoms with Crippen molar-refractivity contribution in [3.05, 3.63) is 36.2 Å². The van der Waals surface area contributed by atoms with Crippen LogP contribution >= 0.6 is 0 Å². The molecule has 0 aliphatic heterocycles. The molecule has 138 valence electrons. The van der Waals surface area contributed by atoms with Crippen LogP contribution in [0, 0.1) is 12.8 Å². The van der Waals surface area contributed by atoms with E-state index in [0.29, 0.717) is 29.8 Å². The van der Waals surface area contributed by atoms with Gasteiger partial charge in [0, 0.05) is 30.7 Å². The molecule has 1 fully saturated rings. The van der Waals surface area contributed by atoms with Crippen LogP contribution in [-0.2, 0) is 0 Å². The maximum absolute atomic E-state index is 12.6. The Hall–Kier alpha value is -2.97. The Labute approximate surface area is 150 Å². The zero-order valence-electron chi connectivity index (χ0n) is 14.6. The number of amides is 2. The molecule has 2 aromatic heterocycles. The number of nitrogens with zero attached hydrogens (tertiary/aromatic N) is 4. The van der Waals surface area contributed by atoms with Gasteiger partial charge < -0.3 is 15.7 Å². The van der Waals surface area contributed by atoms with E-state index in [-0.39, 0.29) is 11.9 Å². The molecule has 2 aromatic rings. The molecule has 0 aromatic carbocycles. The van der Waals surface area contributed by atoms with E-state index in [4.69, 9.17) is 5.11 Å². The lowest BCUT2D eigenvalue weighted by Crippen LogP contribution is -2.40. The Morgan fingerprint density at radius 1 is 1.27 bits per heavy atom. The van der Waals surface area contributed by atoms with Crippen LogP contribution in [0.4, 0.5) is 4.79 Å². The van der Waals surface area contributed by atoms with Gasteiger partial charge >= 0.3 is 6.09 Å². The Balaban J connectivity index is 1.58. The van der Waals surface area contributed by atoms with Crippen molar-refractivity contribution in [1.82, 2.24) is 30.2 Å². The normalized spacial score (nSPS) is 19.7. The lowest BCUT2D eigenvalue weighted by Gasteiger charge is -2.28. The van der Waals surface area contributed by atoms with Crippen LogP contribution in [0.1, 0.15) is 41.9 Å². The van der Waals surface area contributed by atoms with Crippen molar-refractivity contribution < 1.29 is 14.7 Å². The summed E-state index contributed by atoms with van der Waals surface area (Å²) in [6.45, 7) is 2.29. The number of hydrogen-bond donors (Lipinski definition) is 3. The molecule has 3 N–H and O–H groups in total. The fourth-order valence-corrected chi connectivity index (χ4v) is 3.16. The van der Waals surface area contributed by atoms with Crippen LogP contribution in [-0.4, -0.2) is 49.2 Å². The van der Waals surface area contributed by atoms with Gasteiger partial charge in [-0.2, -0.15) is 0 Å². The first-order valence-corrected chi connectivity index (χ1v) is 8.63. The van der Waals surface area contributed by atoms with Crippen LogP contribution in [0.5, 0.6) is 0 Å². The summed E-state index contributed by atoms with van der Waals surface area (Å²) in [6, 6.07) is 1.74. The smallest absolute Gasteiger partial charge is 0.404 e. The Bertz CT molecular complexity index is 769. The fraction of sp³-hybridized carbons (Fsp3) is 0.471. The van der Waals surface area contributed by atoms with E-state index in [2.05, 4.69) is 25.6 Å². The Morgan fingerprint density at radius 3 is 2.69 bits per heavy atom. The van der Waals surface area contributed by atoms with E-state index >= 15 is 0 Å². The second kappa shape index (κ2) is 7.94. The third-order valence-corrected chi connectivity index (χ3v) is 4.53. The van der Waals surface area contributed by atoms with Crippen LogP contribution in [0.3, 0.4) is 0 Å². The summed E-state index contributed by atoms with van der Waals surface area (Å²) in [6.07, 6.45) is 7.37. The van der Waals surface area contributed by atoms with Crippen molar-refractivity contribution in [2.75, 3.05) is 6.54 Å². The molecule has 2 heterocycles. The van der Waals surface area contributed by atoms with E-state index in [1.807, 2.05) is 6.92 Å². The standard InChI is InChI=1S/C17H22N6O3/c1-11-8-14(22-16(20-11)23-7-6-18-10-23)15(24)21-13-4-2-12(3-5-13)9-19-17(25)26/h6-8,10,12-13,19H,2-5,9H2,1H3,(H,21,24)(H,25,26)/t12-,13-. The van der Waals surface area contributed by atoms with Crippen molar-refractivity contribution in [3.63, 3.8) is 0 Å².